The first-order chi connectivity index (χ1) is 12.6. The van der Waals surface area contributed by atoms with Crippen LogP contribution < -0.4 is 10.1 Å². The lowest BCUT2D eigenvalue weighted by molar-refractivity contribution is -0.118. The standard InChI is InChI=1S/C18H15NO4S.C2H6/c20-15(13-4-2-1-3-5-13)11-23-14-8-6-12(7-9-14)10-16-17(21)19-18(22)24-16;1-2/h1-9,16H,10-11H2,(H,19,21,22);1-2H3/t16-;/m1./s1. The highest BCUT2D eigenvalue weighted by molar-refractivity contribution is 8.15. The number of thioether (sulfide) groups is 1. The highest BCUT2D eigenvalue weighted by Gasteiger charge is 2.31. The van der Waals surface area contributed by atoms with Crippen molar-refractivity contribution in [2.75, 3.05) is 6.61 Å². The molecule has 0 aromatic heterocycles. The fourth-order valence-corrected chi connectivity index (χ4v) is 3.18. The molecular weight excluding hydrogens is 350 g/mol. The number of benzene rings is 2. The maximum atomic E-state index is 12.0. The van der Waals surface area contributed by atoms with Gasteiger partial charge < -0.3 is 4.74 Å². The van der Waals surface area contributed by atoms with Crippen LogP contribution in [0.2, 0.25) is 0 Å². The topological polar surface area (TPSA) is 72.5 Å². The highest BCUT2D eigenvalue weighted by Crippen LogP contribution is 2.23. The van der Waals surface area contributed by atoms with E-state index in [-0.39, 0.29) is 28.8 Å². The molecule has 1 aliphatic rings. The van der Waals surface area contributed by atoms with E-state index in [4.69, 9.17) is 4.74 Å². The summed E-state index contributed by atoms with van der Waals surface area (Å²) in [6, 6.07) is 16.2. The van der Waals surface area contributed by atoms with Crippen molar-refractivity contribution in [2.24, 2.45) is 0 Å². The number of ketones is 1. The van der Waals surface area contributed by atoms with Gasteiger partial charge in [0.2, 0.25) is 5.91 Å². The molecule has 1 aliphatic heterocycles. The van der Waals surface area contributed by atoms with Crippen LogP contribution in [0, 0.1) is 0 Å². The van der Waals surface area contributed by atoms with E-state index in [1.165, 1.54) is 0 Å². The lowest BCUT2D eigenvalue weighted by atomic mass is 10.1. The van der Waals surface area contributed by atoms with Gasteiger partial charge in [-0.3, -0.25) is 19.7 Å². The Kier molecular flexibility index (Phi) is 7.41. The van der Waals surface area contributed by atoms with Crippen molar-refractivity contribution in [1.82, 2.24) is 5.32 Å². The summed E-state index contributed by atoms with van der Waals surface area (Å²) in [5, 5.41) is 1.58. The smallest absolute Gasteiger partial charge is 0.286 e. The van der Waals surface area contributed by atoms with Gasteiger partial charge in [0.25, 0.3) is 5.24 Å². The molecule has 5 nitrogen and oxygen atoms in total. The first-order valence-corrected chi connectivity index (χ1v) is 9.31. The van der Waals surface area contributed by atoms with Crippen LogP contribution in [0.4, 0.5) is 4.79 Å². The third kappa shape index (κ3) is 5.46. The summed E-state index contributed by atoms with van der Waals surface area (Å²) in [4.78, 5) is 34.7. The fourth-order valence-electron chi connectivity index (χ4n) is 2.32. The van der Waals surface area contributed by atoms with Gasteiger partial charge in [0, 0.05) is 5.56 Å². The van der Waals surface area contributed by atoms with Crippen LogP contribution in [0.3, 0.4) is 0 Å². The minimum atomic E-state index is -0.385. The number of rotatable bonds is 6. The zero-order valence-corrected chi connectivity index (χ0v) is 15.5. The molecule has 136 valence electrons. The van der Waals surface area contributed by atoms with Crippen molar-refractivity contribution < 1.29 is 19.1 Å². The molecule has 0 radical (unpaired) electrons. The predicted molar refractivity (Wildman–Crippen MR) is 103 cm³/mol. The van der Waals surface area contributed by atoms with Crippen LogP contribution in [0.5, 0.6) is 5.75 Å². The molecule has 0 spiro atoms. The number of Topliss-reactive ketones (excluding diaryl/α,β-unsaturated/α-hetero) is 1. The molecule has 1 saturated heterocycles. The van der Waals surface area contributed by atoms with Gasteiger partial charge in [0.15, 0.2) is 12.4 Å². The highest BCUT2D eigenvalue weighted by atomic mass is 32.2. The van der Waals surface area contributed by atoms with Gasteiger partial charge in [0.05, 0.1) is 5.25 Å². The molecule has 2 amide bonds. The van der Waals surface area contributed by atoms with Crippen molar-refractivity contribution in [1.29, 1.82) is 0 Å². The van der Waals surface area contributed by atoms with E-state index in [1.54, 1.807) is 24.3 Å². The number of imide groups is 1. The molecule has 1 atom stereocenters. The number of nitrogens with one attached hydrogen (secondary N) is 1. The summed E-state index contributed by atoms with van der Waals surface area (Å²) in [5.41, 5.74) is 1.54. The van der Waals surface area contributed by atoms with E-state index in [1.807, 2.05) is 44.2 Å². The summed E-state index contributed by atoms with van der Waals surface area (Å²) in [6.07, 6.45) is 0.478. The first kappa shape index (κ1) is 19.7. The SMILES string of the molecule is CC.O=C1NC(=O)[C@@H](Cc2ccc(OCC(=O)c3ccccc3)cc2)S1. The fraction of sp³-hybridized carbons (Fsp3) is 0.250. The van der Waals surface area contributed by atoms with Crippen LogP contribution in [-0.4, -0.2) is 28.8 Å². The summed E-state index contributed by atoms with van der Waals surface area (Å²) in [6.45, 7) is 3.97. The minimum absolute atomic E-state index is 0.0290. The van der Waals surface area contributed by atoms with E-state index < -0.39 is 0 Å². The number of carbonyl (C=O) groups is 3. The molecule has 1 N–H and O–H groups in total. The Balaban J connectivity index is 0.00000117. The number of ether oxygens (including phenoxy) is 1. The zero-order valence-electron chi connectivity index (χ0n) is 14.7. The van der Waals surface area contributed by atoms with E-state index in [0.29, 0.717) is 17.7 Å². The van der Waals surface area contributed by atoms with Crippen LogP contribution in [0.1, 0.15) is 29.8 Å². The van der Waals surface area contributed by atoms with Gasteiger partial charge >= 0.3 is 0 Å². The van der Waals surface area contributed by atoms with E-state index in [0.717, 1.165) is 17.3 Å². The summed E-state index contributed by atoms with van der Waals surface area (Å²) >= 11 is 1.01. The molecule has 0 aliphatic carbocycles. The molecule has 1 heterocycles. The third-order valence-corrected chi connectivity index (χ3v) is 4.56. The van der Waals surface area contributed by atoms with Gasteiger partial charge in [0.1, 0.15) is 5.75 Å². The second kappa shape index (κ2) is 9.77. The number of hydrogen-bond acceptors (Lipinski definition) is 5. The van der Waals surface area contributed by atoms with Crippen molar-refractivity contribution in [3.8, 4) is 5.75 Å². The zero-order chi connectivity index (χ0) is 18.9. The molecule has 0 saturated carbocycles. The van der Waals surface area contributed by atoms with E-state index in [9.17, 15) is 14.4 Å². The van der Waals surface area contributed by atoms with Gasteiger partial charge in [-0.25, -0.2) is 0 Å². The third-order valence-electron chi connectivity index (χ3n) is 3.58. The predicted octanol–water partition coefficient (Wildman–Crippen LogP) is 3.87. The average molecular weight is 371 g/mol. The maximum absolute atomic E-state index is 12.0. The molecule has 2 aromatic rings. The molecule has 1 fully saturated rings. The first-order valence-electron chi connectivity index (χ1n) is 8.43. The normalized spacial score (nSPS) is 15.7. The van der Waals surface area contributed by atoms with E-state index in [2.05, 4.69) is 5.32 Å². The average Bonchev–Trinajstić information content (AvgIpc) is 3.00. The molecule has 3 rings (SSSR count). The Hall–Kier alpha value is -2.60. The van der Waals surface area contributed by atoms with Gasteiger partial charge in [-0.05, 0) is 24.1 Å². The monoisotopic (exact) mass is 371 g/mol. The summed E-state index contributed by atoms with van der Waals surface area (Å²) in [7, 11) is 0. The van der Waals surface area contributed by atoms with Crippen molar-refractivity contribution in [3.63, 3.8) is 0 Å². The van der Waals surface area contributed by atoms with E-state index >= 15 is 0 Å². The Morgan fingerprint density at radius 2 is 1.69 bits per heavy atom. The van der Waals surface area contributed by atoms with Gasteiger partial charge in [-0.1, -0.05) is 68.1 Å². The minimum Gasteiger partial charge on any atom is -0.485 e. The number of carbonyl (C=O) groups excluding carboxylic acids is 3. The second-order valence-corrected chi connectivity index (χ2v) is 6.48. The van der Waals surface area contributed by atoms with Crippen molar-refractivity contribution in [3.05, 3.63) is 65.7 Å². The summed E-state index contributed by atoms with van der Waals surface area (Å²) < 4.78 is 5.50. The Morgan fingerprint density at radius 3 is 2.27 bits per heavy atom. The lowest BCUT2D eigenvalue weighted by Crippen LogP contribution is -2.25. The Labute approximate surface area is 157 Å². The number of amides is 2. The van der Waals surface area contributed by atoms with Crippen molar-refractivity contribution >= 4 is 28.7 Å². The number of hydrogen-bond donors (Lipinski definition) is 1. The molecule has 0 unspecified atom stereocenters. The van der Waals surface area contributed by atoms with Crippen LogP contribution >= 0.6 is 11.8 Å². The van der Waals surface area contributed by atoms with Crippen LogP contribution in [0.15, 0.2) is 54.6 Å². The largest absolute Gasteiger partial charge is 0.485 e. The maximum Gasteiger partial charge on any atom is 0.286 e. The van der Waals surface area contributed by atoms with Gasteiger partial charge in [-0.15, -0.1) is 0 Å². The summed E-state index contributed by atoms with van der Waals surface area (Å²) in [5.74, 6) is 0.249. The molecule has 26 heavy (non-hydrogen) atoms. The molecule has 6 heteroatoms. The Morgan fingerprint density at radius 1 is 1.04 bits per heavy atom. The van der Waals surface area contributed by atoms with Crippen molar-refractivity contribution in [2.45, 2.75) is 25.5 Å². The second-order valence-electron chi connectivity index (χ2n) is 5.31. The lowest BCUT2D eigenvalue weighted by Gasteiger charge is -2.08. The quantitative estimate of drug-likeness (QED) is 0.781. The van der Waals surface area contributed by atoms with Crippen LogP contribution in [0.25, 0.3) is 0 Å². The molecule has 0 bridgehead atoms. The van der Waals surface area contributed by atoms with Crippen LogP contribution in [-0.2, 0) is 11.2 Å². The molecular formula is C20H21NO4S. The van der Waals surface area contributed by atoms with Gasteiger partial charge in [-0.2, -0.15) is 0 Å². The Bertz CT molecular complexity index is 759. The molecule has 2 aromatic carbocycles.